The van der Waals surface area contributed by atoms with Gasteiger partial charge in [0.05, 0.1) is 0 Å². The highest BCUT2D eigenvalue weighted by Gasteiger charge is 2.52. The average molecular weight is 594 g/mol. The van der Waals surface area contributed by atoms with E-state index in [1.807, 2.05) is 0 Å². The predicted octanol–water partition coefficient (Wildman–Crippen LogP) is 2.18. The van der Waals surface area contributed by atoms with E-state index >= 15 is 0 Å². The Morgan fingerprint density at radius 1 is 0.500 bits per heavy atom. The van der Waals surface area contributed by atoms with Crippen molar-refractivity contribution in [1.29, 1.82) is 0 Å². The van der Waals surface area contributed by atoms with Crippen molar-refractivity contribution < 1.29 is 100 Å². The molecule has 38 heavy (non-hydrogen) atoms. The van der Waals surface area contributed by atoms with Crippen LogP contribution in [0.3, 0.4) is 0 Å². The summed E-state index contributed by atoms with van der Waals surface area (Å²) in [6, 6.07) is 0. The molecule has 0 aromatic carbocycles. The van der Waals surface area contributed by atoms with Crippen LogP contribution in [0, 0.1) is 0 Å². The maximum Gasteiger partial charge on any atom is 0.490 e. The van der Waals surface area contributed by atoms with Crippen molar-refractivity contribution in [2.24, 2.45) is 0 Å². The van der Waals surface area contributed by atoms with Crippen LogP contribution in [0.1, 0.15) is 0 Å². The smallest absolute Gasteiger partial charge is 0.456 e. The molecule has 0 unspecified atom stereocenters. The minimum Gasteiger partial charge on any atom is -0.456 e. The summed E-state index contributed by atoms with van der Waals surface area (Å²) >= 11 is 0. The van der Waals surface area contributed by atoms with E-state index in [0.29, 0.717) is 14.2 Å². The number of methoxy groups -OCH3 is 2. The molecule has 0 spiro atoms. The largest absolute Gasteiger partial charge is 0.490 e. The second-order valence-electron chi connectivity index (χ2n) is 6.48. The van der Waals surface area contributed by atoms with Crippen LogP contribution in [0.2, 0.25) is 0 Å². The van der Waals surface area contributed by atoms with Crippen LogP contribution < -0.4 is 0 Å². The van der Waals surface area contributed by atoms with E-state index in [-0.39, 0.29) is 0 Å². The molecule has 0 saturated carbocycles. The zero-order valence-electron chi connectivity index (χ0n) is 18.3. The minimum absolute atomic E-state index is 0.459. The molecule has 0 fully saturated rings. The topological polar surface area (TPSA) is 124 Å². The highest BCUT2D eigenvalue weighted by Crippen LogP contribution is 2.27. The number of carbonyl (C=O) groups is 4. The summed E-state index contributed by atoms with van der Waals surface area (Å²) in [7, 11) is 1.02. The summed E-state index contributed by atoms with van der Waals surface area (Å²) in [5.41, 5.74) is 0. The Morgan fingerprint density at radius 2 is 0.842 bits per heavy atom. The molecule has 4 atom stereocenters. The third-order valence-corrected chi connectivity index (χ3v) is 3.82. The standard InChI is InChI=1S/C16H14F12O10/c1-33-5(3-35-9(29)13(17,18)19)7(34-2)8(38-12(32)16(26,27)28)6(37-11(31)15(23,24)25)4-36-10(30)14(20,21)22/h5-8H,3-4H2,1-2H3/t5-,6+,7-,8-/m1/s1. The van der Waals surface area contributed by atoms with Crippen molar-refractivity contribution in [3.8, 4) is 0 Å². The van der Waals surface area contributed by atoms with Crippen LogP contribution in [0.25, 0.3) is 0 Å². The molecule has 0 aliphatic rings. The molecule has 0 saturated heterocycles. The molecule has 0 amide bonds. The summed E-state index contributed by atoms with van der Waals surface area (Å²) in [5.74, 6) is -12.7. The van der Waals surface area contributed by atoms with Crippen LogP contribution >= 0.6 is 0 Å². The molecule has 0 aliphatic heterocycles. The van der Waals surface area contributed by atoms with Gasteiger partial charge < -0.3 is 28.4 Å². The first-order valence-electron chi connectivity index (χ1n) is 9.05. The lowest BCUT2D eigenvalue weighted by Crippen LogP contribution is -2.55. The van der Waals surface area contributed by atoms with E-state index in [4.69, 9.17) is 0 Å². The summed E-state index contributed by atoms with van der Waals surface area (Å²) in [6.45, 7) is -3.80. The lowest BCUT2D eigenvalue weighted by molar-refractivity contribution is -0.241. The van der Waals surface area contributed by atoms with Crippen molar-refractivity contribution in [3.05, 3.63) is 0 Å². The van der Waals surface area contributed by atoms with Gasteiger partial charge in [-0.15, -0.1) is 0 Å². The fourth-order valence-electron chi connectivity index (χ4n) is 2.22. The van der Waals surface area contributed by atoms with Crippen LogP contribution in [0.5, 0.6) is 0 Å². The third-order valence-electron chi connectivity index (χ3n) is 3.82. The lowest BCUT2D eigenvalue weighted by Gasteiger charge is -2.35. The zero-order chi connectivity index (χ0) is 30.3. The molecule has 0 aromatic rings. The van der Waals surface area contributed by atoms with Crippen LogP contribution in [-0.4, -0.2) is 100 Å². The second-order valence-corrected chi connectivity index (χ2v) is 6.48. The number of hydrogen-bond donors (Lipinski definition) is 0. The molecule has 0 bridgehead atoms. The maximum atomic E-state index is 12.8. The van der Waals surface area contributed by atoms with Gasteiger partial charge in [-0.2, -0.15) is 52.7 Å². The average Bonchev–Trinajstić information content (AvgIpc) is 2.74. The minimum atomic E-state index is -5.98. The van der Waals surface area contributed by atoms with Gasteiger partial charge in [0.15, 0.2) is 12.2 Å². The molecule has 0 aromatic heterocycles. The number of esters is 4. The molecule has 0 aliphatic carbocycles. The molecule has 22 heteroatoms. The van der Waals surface area contributed by atoms with Gasteiger partial charge in [0, 0.05) is 14.2 Å². The van der Waals surface area contributed by atoms with Gasteiger partial charge >= 0.3 is 48.6 Å². The van der Waals surface area contributed by atoms with Crippen molar-refractivity contribution >= 4 is 23.9 Å². The quantitative estimate of drug-likeness (QED) is 0.200. The Labute approximate surface area is 202 Å². The summed E-state index contributed by atoms with van der Waals surface area (Å²) in [4.78, 5) is 44.4. The third kappa shape index (κ3) is 11.1. The van der Waals surface area contributed by atoms with Crippen LogP contribution in [0.15, 0.2) is 0 Å². The molecule has 0 radical (unpaired) electrons. The molecule has 0 heterocycles. The number of ether oxygens (including phenoxy) is 6. The second kappa shape index (κ2) is 13.2. The van der Waals surface area contributed by atoms with Gasteiger partial charge in [-0.3, -0.25) is 0 Å². The number of carbonyl (C=O) groups excluding carboxylic acids is 4. The van der Waals surface area contributed by atoms with Crippen LogP contribution in [-0.2, 0) is 47.6 Å². The van der Waals surface area contributed by atoms with E-state index in [1.54, 1.807) is 0 Å². The van der Waals surface area contributed by atoms with E-state index in [0.717, 1.165) is 0 Å². The van der Waals surface area contributed by atoms with Gasteiger partial charge in [0.25, 0.3) is 0 Å². The lowest BCUT2D eigenvalue weighted by atomic mass is 10.0. The SMILES string of the molecule is CO[C@@H]([C@H](OC(=O)C(F)(F)F)[C@H](COC(=O)C(F)(F)F)OC(=O)C(F)(F)F)[C@@H](COC(=O)C(F)(F)F)OC. The Kier molecular flexibility index (Phi) is 12.1. The summed E-state index contributed by atoms with van der Waals surface area (Å²) in [5, 5.41) is 0. The first kappa shape index (κ1) is 35.0. The van der Waals surface area contributed by atoms with Gasteiger partial charge in [-0.05, 0) is 0 Å². The highest BCUT2D eigenvalue weighted by molar-refractivity contribution is 5.77. The van der Waals surface area contributed by atoms with Crippen LogP contribution in [0.4, 0.5) is 52.7 Å². The first-order chi connectivity index (χ1) is 17.0. The first-order valence-corrected chi connectivity index (χ1v) is 9.05. The van der Waals surface area contributed by atoms with E-state index in [9.17, 15) is 71.9 Å². The van der Waals surface area contributed by atoms with Crippen molar-refractivity contribution in [1.82, 2.24) is 0 Å². The molecule has 10 nitrogen and oxygen atoms in total. The van der Waals surface area contributed by atoms with Gasteiger partial charge in [0.2, 0.25) is 0 Å². The van der Waals surface area contributed by atoms with E-state index in [2.05, 4.69) is 28.4 Å². The van der Waals surface area contributed by atoms with Gasteiger partial charge in [0.1, 0.15) is 25.4 Å². The Bertz CT molecular complexity index is 833. The monoisotopic (exact) mass is 594 g/mol. The van der Waals surface area contributed by atoms with E-state index < -0.39 is 86.2 Å². The highest BCUT2D eigenvalue weighted by atomic mass is 19.4. The fourth-order valence-corrected chi connectivity index (χ4v) is 2.22. The van der Waals surface area contributed by atoms with Crippen molar-refractivity contribution in [2.45, 2.75) is 49.1 Å². The molecule has 0 rings (SSSR count). The predicted molar refractivity (Wildman–Crippen MR) is 87.5 cm³/mol. The summed E-state index contributed by atoms with van der Waals surface area (Å²) in [6.07, 6.45) is -34.6. The summed E-state index contributed by atoms with van der Waals surface area (Å²) < 4.78 is 175. The Morgan fingerprint density at radius 3 is 1.16 bits per heavy atom. The fraction of sp³-hybridized carbons (Fsp3) is 0.750. The van der Waals surface area contributed by atoms with Crippen molar-refractivity contribution in [3.63, 3.8) is 0 Å². The number of alkyl halides is 12. The Balaban J connectivity index is 6.51. The maximum absolute atomic E-state index is 12.8. The number of halogens is 12. The van der Waals surface area contributed by atoms with Gasteiger partial charge in [-0.25, -0.2) is 19.2 Å². The zero-order valence-corrected chi connectivity index (χ0v) is 18.3. The molecular formula is C16H14F12O10. The number of hydrogen-bond acceptors (Lipinski definition) is 10. The normalized spacial score (nSPS) is 16.1. The molecular weight excluding hydrogens is 580 g/mol. The molecule has 0 N–H and O–H groups in total. The number of rotatable bonds is 11. The van der Waals surface area contributed by atoms with Crippen molar-refractivity contribution in [2.75, 3.05) is 27.4 Å². The Hall–Kier alpha value is -3.04. The van der Waals surface area contributed by atoms with E-state index in [1.165, 1.54) is 0 Å². The van der Waals surface area contributed by atoms with Gasteiger partial charge in [-0.1, -0.05) is 0 Å². The molecule has 222 valence electrons.